The molecule has 2 atom stereocenters. The van der Waals surface area contributed by atoms with Gasteiger partial charge in [0, 0.05) is 0 Å². The van der Waals surface area contributed by atoms with Crippen molar-refractivity contribution in [2.75, 3.05) is 0 Å². The van der Waals surface area contributed by atoms with Crippen LogP contribution in [0.25, 0.3) is 23.3 Å². The van der Waals surface area contributed by atoms with Crippen molar-refractivity contribution in [3.63, 3.8) is 0 Å². The normalized spacial score (nSPS) is 22.9. The Morgan fingerprint density at radius 3 is 1.63 bits per heavy atom. The minimum atomic E-state index is -0.694. The van der Waals surface area contributed by atoms with Crippen molar-refractivity contribution in [3.8, 4) is 0 Å². The molecule has 2 aromatic carbocycles. The van der Waals surface area contributed by atoms with E-state index in [1.807, 2.05) is 11.8 Å². The van der Waals surface area contributed by atoms with Gasteiger partial charge in [-0.15, -0.1) is 0 Å². The summed E-state index contributed by atoms with van der Waals surface area (Å²) < 4.78 is 3.81. The molecule has 3 heterocycles. The molecule has 5 aliphatic rings. The maximum Gasteiger partial charge on any atom is -1.00 e. The molecule has 8 bridgehead atoms. The molecule has 0 spiro atoms. The van der Waals surface area contributed by atoms with Gasteiger partial charge in [-0.3, -0.25) is 0 Å². The van der Waals surface area contributed by atoms with E-state index >= 15 is 0 Å². The van der Waals surface area contributed by atoms with Gasteiger partial charge < -0.3 is 24.8 Å². The van der Waals surface area contributed by atoms with E-state index < -0.39 is 23.2 Å². The maximum absolute atomic E-state index is 3.86. The summed E-state index contributed by atoms with van der Waals surface area (Å²) in [6.45, 7) is 0. The molecule has 0 amide bonds. The van der Waals surface area contributed by atoms with Crippen LogP contribution in [0.4, 0.5) is 0 Å². The Kier molecular flexibility index (Phi) is 6.25. The summed E-state index contributed by atoms with van der Waals surface area (Å²) in [5.41, 5.74) is 6.19. The van der Waals surface area contributed by atoms with Crippen LogP contribution >= 0.6 is 67.1 Å². The third kappa shape index (κ3) is 3.11. The molecule has 8 heteroatoms. The summed E-state index contributed by atoms with van der Waals surface area (Å²) in [5, 5.41) is 10.6. The second kappa shape index (κ2) is 8.27. The van der Waals surface area contributed by atoms with E-state index in [4.69, 9.17) is 0 Å². The third-order valence-electron chi connectivity index (χ3n) is 5.79. The summed E-state index contributed by atoms with van der Waals surface area (Å²) in [6.07, 6.45) is 4.87. The minimum Gasteiger partial charge on any atom is -1.00 e. The summed E-state index contributed by atoms with van der Waals surface area (Å²) in [7, 11) is 0. The van der Waals surface area contributed by atoms with E-state index in [0.717, 1.165) is 0 Å². The van der Waals surface area contributed by atoms with Gasteiger partial charge in [0.2, 0.25) is 0 Å². The van der Waals surface area contributed by atoms with Crippen LogP contribution in [0.2, 0.25) is 0 Å². The SMILES string of the molecule is Brc1ccc2c3c1Sc1c(Br)ccc4c1=CC1=CS[CH]([Zr+2][CH]5SC=C(C=3)C=25)C=41.[Cl-].[Cl-]. The molecule has 7 rings (SSSR count). The predicted molar refractivity (Wildman–Crippen MR) is 126 cm³/mol. The Labute approximate surface area is 227 Å². The van der Waals surface area contributed by atoms with Gasteiger partial charge in [0.25, 0.3) is 0 Å². The zero-order valence-electron chi connectivity index (χ0n) is 15.0. The van der Waals surface area contributed by atoms with Crippen LogP contribution in [-0.4, -0.2) is 5.92 Å². The fourth-order valence-corrected chi connectivity index (χ4v) is 16.1. The minimum absolute atomic E-state index is 0. The summed E-state index contributed by atoms with van der Waals surface area (Å²) in [5.74, 6) is 0. The average molecular weight is 692 g/mol. The van der Waals surface area contributed by atoms with E-state index in [9.17, 15) is 0 Å². The molecule has 2 unspecified atom stereocenters. The van der Waals surface area contributed by atoms with Gasteiger partial charge in [-0.05, 0) is 0 Å². The number of hydrogen-bond acceptors (Lipinski definition) is 3. The zero-order valence-corrected chi connectivity index (χ0v) is 24.6. The molecule has 0 fully saturated rings. The molecule has 0 saturated heterocycles. The fourth-order valence-electron chi connectivity index (χ4n) is 4.57. The van der Waals surface area contributed by atoms with Crippen LogP contribution in [0.15, 0.2) is 65.0 Å². The molecule has 3 aliphatic heterocycles. The first-order chi connectivity index (χ1) is 13.7. The third-order valence-corrected chi connectivity index (χ3v) is 17.2. The van der Waals surface area contributed by atoms with Gasteiger partial charge in [-0.25, -0.2) is 0 Å². The first-order valence-corrected chi connectivity index (χ1v) is 16.1. The van der Waals surface area contributed by atoms with E-state index in [2.05, 4.69) is 103 Å². The second-order valence-electron chi connectivity index (χ2n) is 7.24. The van der Waals surface area contributed by atoms with Gasteiger partial charge in [0.15, 0.2) is 0 Å². The van der Waals surface area contributed by atoms with Crippen LogP contribution in [0.5, 0.6) is 0 Å². The van der Waals surface area contributed by atoms with Crippen molar-refractivity contribution < 1.29 is 48.0 Å². The molecule has 0 aromatic heterocycles. The molecule has 2 aromatic rings. The van der Waals surface area contributed by atoms with Crippen molar-refractivity contribution in [1.82, 2.24) is 0 Å². The largest absolute Gasteiger partial charge is 1.00 e. The Morgan fingerprint density at radius 1 is 0.700 bits per heavy atom. The summed E-state index contributed by atoms with van der Waals surface area (Å²) in [4.78, 5) is 2.69. The van der Waals surface area contributed by atoms with Crippen LogP contribution < -0.4 is 45.7 Å². The van der Waals surface area contributed by atoms with E-state index in [-0.39, 0.29) is 24.8 Å². The predicted octanol–water partition coefficient (Wildman–Crippen LogP) is -1.73. The van der Waals surface area contributed by atoms with Crippen LogP contribution in [-0.2, 0) is 23.2 Å². The molecule has 148 valence electrons. The van der Waals surface area contributed by atoms with Gasteiger partial charge in [-0.1, -0.05) is 0 Å². The molecular formula is C22H10Br2Cl2S3Zr. The Hall–Kier alpha value is 0.873. The van der Waals surface area contributed by atoms with Crippen molar-refractivity contribution in [2.45, 2.75) is 15.7 Å². The molecular weight excluding hydrogens is 682 g/mol. The number of hydrogen-bond donors (Lipinski definition) is 0. The van der Waals surface area contributed by atoms with Crippen LogP contribution in [0.1, 0.15) is 0 Å². The molecule has 2 aliphatic carbocycles. The molecule has 0 radical (unpaired) electrons. The van der Waals surface area contributed by atoms with Crippen molar-refractivity contribution >= 4 is 90.4 Å². The zero-order chi connectivity index (χ0) is 18.6. The summed E-state index contributed by atoms with van der Waals surface area (Å²) >= 11 is 13.1. The van der Waals surface area contributed by atoms with Gasteiger partial charge in [0.05, 0.1) is 0 Å². The number of benzene rings is 2. The molecule has 0 saturated carbocycles. The van der Waals surface area contributed by atoms with E-state index in [1.165, 1.54) is 50.8 Å². The summed E-state index contributed by atoms with van der Waals surface area (Å²) in [6, 6.07) is 9.19. The standard InChI is InChI=1S/C22H10Br2S3.2ClH.Zr/c23-19-3-1-13-15(5-11-7-25-9-17(11)13)21(19)27-22-16-6-12-8-26-10-18(12)14(16)2-4-20(22)24;;;/h1-10H;2*1H;/q;;;+2/p-2. The molecule has 30 heavy (non-hydrogen) atoms. The maximum atomic E-state index is 3.86. The molecule has 0 N–H and O–H groups in total. The van der Waals surface area contributed by atoms with Gasteiger partial charge in [-0.2, -0.15) is 0 Å². The first-order valence-electron chi connectivity index (χ1n) is 8.94. The van der Waals surface area contributed by atoms with Crippen LogP contribution in [0, 0.1) is 0 Å². The fraction of sp³-hybridized carbons (Fsp3) is 0.0909. The van der Waals surface area contributed by atoms with Crippen molar-refractivity contribution in [2.24, 2.45) is 0 Å². The number of rotatable bonds is 0. The molecule has 0 nitrogen and oxygen atoms in total. The van der Waals surface area contributed by atoms with E-state index in [1.54, 1.807) is 11.1 Å². The monoisotopic (exact) mass is 688 g/mol. The number of allylic oxidation sites excluding steroid dienone is 2. The topological polar surface area (TPSA) is 0 Å². The number of halogens is 4. The second-order valence-corrected chi connectivity index (χ2v) is 17.6. The Balaban J connectivity index is 0.000000963. The van der Waals surface area contributed by atoms with Crippen molar-refractivity contribution in [3.05, 3.63) is 76.0 Å². The number of thioether (sulfide) groups is 2. The van der Waals surface area contributed by atoms with Crippen molar-refractivity contribution in [1.29, 1.82) is 0 Å². The smallest absolute Gasteiger partial charge is 1.00 e. The van der Waals surface area contributed by atoms with E-state index in [0.29, 0.717) is 5.92 Å². The van der Waals surface area contributed by atoms with Gasteiger partial charge in [0.1, 0.15) is 0 Å². The first kappa shape index (κ1) is 22.7. The Bertz CT molecular complexity index is 1350. The Morgan fingerprint density at radius 2 is 1.17 bits per heavy atom. The quantitative estimate of drug-likeness (QED) is 0.323. The van der Waals surface area contributed by atoms with Crippen LogP contribution in [0.3, 0.4) is 0 Å². The van der Waals surface area contributed by atoms with Gasteiger partial charge >= 0.3 is 205 Å². The average Bonchev–Trinajstić information content (AvgIpc) is 3.40.